The Balaban J connectivity index is 1.23. The minimum absolute atomic E-state index is 0.0586. The fraction of sp³-hybridized carbons (Fsp3) is 0.500. The molecule has 7 rings (SSSR count). The highest BCUT2D eigenvalue weighted by Crippen LogP contribution is 2.30. The zero-order chi connectivity index (χ0) is 64.3. The summed E-state index contributed by atoms with van der Waals surface area (Å²) in [5.74, 6) is -8.08. The number of ether oxygens (including phenoxy) is 1. The molecule has 15 atom stereocenters. The number of halogens is 1. The van der Waals surface area contributed by atoms with Gasteiger partial charge < -0.3 is 86.5 Å². The zero-order valence-electron chi connectivity index (χ0n) is 50.0. The van der Waals surface area contributed by atoms with Crippen LogP contribution in [0.4, 0.5) is 0 Å². The van der Waals surface area contributed by atoms with E-state index in [1.165, 1.54) is 65.9 Å². The van der Waals surface area contributed by atoms with E-state index < -0.39 is 150 Å². The van der Waals surface area contributed by atoms with Crippen LogP contribution in [0.2, 0.25) is 0 Å². The van der Waals surface area contributed by atoms with Gasteiger partial charge in [-0.05, 0) is 100 Å². The van der Waals surface area contributed by atoms with Crippen LogP contribution in [0.15, 0.2) is 97.1 Å². The molecule has 3 aliphatic heterocycles. The first kappa shape index (κ1) is 68.6. The molecule has 4 aromatic carbocycles. The number of phenols is 1. The van der Waals surface area contributed by atoms with E-state index in [2.05, 4.69) is 38.8 Å². The van der Waals surface area contributed by atoms with Crippen LogP contribution in [-0.2, 0) is 28.8 Å². The Morgan fingerprint density at radius 2 is 1.25 bits per heavy atom. The number of quaternary nitrogens is 1. The van der Waals surface area contributed by atoms with Crippen molar-refractivity contribution < 1.29 is 83.6 Å². The van der Waals surface area contributed by atoms with Gasteiger partial charge in [0, 0.05) is 44.0 Å². The first-order valence-electron chi connectivity index (χ1n) is 29.5. The van der Waals surface area contributed by atoms with E-state index in [4.69, 9.17) is 4.74 Å². The van der Waals surface area contributed by atoms with E-state index in [0.717, 1.165) is 64.0 Å². The average Bonchev–Trinajstić information content (AvgIpc) is 2.08. The summed E-state index contributed by atoms with van der Waals surface area (Å²) in [4.78, 5) is 104. The summed E-state index contributed by atoms with van der Waals surface area (Å²) < 4.78 is 4.49. The summed E-state index contributed by atoms with van der Waals surface area (Å²) >= 11 is 1.44. The number of carbonyl (C=O) groups excluding carboxylic acids is 7. The Kier molecular flexibility index (Phi) is 23.8. The highest BCUT2D eigenvalue weighted by molar-refractivity contribution is 14.1. The Hall–Kier alpha value is -6.86. The molecule has 25 nitrogen and oxygen atoms in total. The predicted octanol–water partition coefficient (Wildman–Crippen LogP) is -0.251. The van der Waals surface area contributed by atoms with E-state index in [1.54, 1.807) is 12.1 Å². The van der Waals surface area contributed by atoms with Crippen molar-refractivity contribution in [3.8, 4) is 33.8 Å². The fourth-order valence-electron chi connectivity index (χ4n) is 10.8. The Labute approximate surface area is 524 Å². The summed E-state index contributed by atoms with van der Waals surface area (Å²) in [5.41, 5.74) is 3.52. The molecule has 0 aliphatic carbocycles. The van der Waals surface area contributed by atoms with E-state index in [9.17, 15) is 74.4 Å². The van der Waals surface area contributed by atoms with E-state index in [0.29, 0.717) is 17.6 Å². The maximum Gasteiger partial charge on any atom is 0.251 e. The largest absolute Gasteiger partial charge is 0.508 e. The minimum Gasteiger partial charge on any atom is -0.508 e. The molecule has 3 fully saturated rings. The molecule has 3 heterocycles. The first-order chi connectivity index (χ1) is 41.6. The van der Waals surface area contributed by atoms with Crippen LogP contribution in [-0.4, -0.2) is 227 Å². The fourth-order valence-corrected chi connectivity index (χ4v) is 11.3. The van der Waals surface area contributed by atoms with Gasteiger partial charge in [-0.1, -0.05) is 87.4 Å². The molecular formula is C62H83IN9O16+. The zero-order valence-corrected chi connectivity index (χ0v) is 52.2. The first-order valence-corrected chi connectivity index (χ1v) is 30.7. The van der Waals surface area contributed by atoms with Crippen molar-refractivity contribution in [3.05, 3.63) is 108 Å². The van der Waals surface area contributed by atoms with Gasteiger partial charge in [-0.15, -0.1) is 0 Å². The molecule has 0 spiro atoms. The third kappa shape index (κ3) is 17.5. The van der Waals surface area contributed by atoms with Gasteiger partial charge in [0.2, 0.25) is 35.4 Å². The number of phenolic OH excluding ortho intramolecular Hbond substituents is 1. The third-order valence-corrected chi connectivity index (χ3v) is 16.7. The van der Waals surface area contributed by atoms with Gasteiger partial charge in [-0.2, -0.15) is 0 Å². The summed E-state index contributed by atoms with van der Waals surface area (Å²) in [7, 11) is 5.64. The van der Waals surface area contributed by atoms with Crippen molar-refractivity contribution >= 4 is 63.9 Å². The lowest BCUT2D eigenvalue weighted by Crippen LogP contribution is -2.64. The van der Waals surface area contributed by atoms with Gasteiger partial charge in [0.1, 0.15) is 70.2 Å². The Morgan fingerprint density at radius 1 is 0.693 bits per heavy atom. The topological polar surface area (TPSA) is 369 Å². The molecule has 14 N–H and O–H groups in total. The lowest BCUT2D eigenvalue weighted by Gasteiger charge is -2.34. The second-order valence-electron chi connectivity index (χ2n) is 23.9. The number of fused-ring (bicyclic) bond motifs is 2. The number of amides is 7. The standard InChI is InChI=1S/C62H82IN9O16/c1-7-8-9-28-88-43-24-20-38(21-25-43)36-12-10-35(11-13-36)37-14-16-40(17-15-37)56(81)65-44-30-46(76)55(64-26-27-72(4,5)6)69-60(85)50-51(77)33(2)31-71(50)61(86)47(34(3)73)66-59(84)48(53(79)52(78)39-18-22-41(74)23-19-39)67-58(83)45-29-42(75)32-70(45)62(87)49(54(63)80)68-57(44)82/h10-25,33-34,42,44-55,64,73,75-80H,7-9,26-32H2,1-6H3,(H5-,65,66,67,68,69,74,81,82,83,84,85)/p+1/t33-,34+,42+,44?,45-,46+,47-,48-,49-,50-,51-,52-,53-,54-,55-/m0/s1. The number of hydrogen-bond acceptors (Lipinski definition) is 17. The average molecular weight is 1340 g/mol. The summed E-state index contributed by atoms with van der Waals surface area (Å²) in [6, 6.07) is 15.5. The highest BCUT2D eigenvalue weighted by Gasteiger charge is 2.50. The molecule has 26 heteroatoms. The number of nitrogens with one attached hydrogen (secondary N) is 6. The van der Waals surface area contributed by atoms with Crippen LogP contribution in [0.5, 0.6) is 11.5 Å². The van der Waals surface area contributed by atoms with Crippen LogP contribution >= 0.6 is 22.6 Å². The highest BCUT2D eigenvalue weighted by atomic mass is 127. The molecule has 0 bridgehead atoms. The van der Waals surface area contributed by atoms with Gasteiger partial charge in [-0.3, -0.25) is 38.9 Å². The van der Waals surface area contributed by atoms with Gasteiger partial charge >= 0.3 is 0 Å². The molecule has 0 saturated carbocycles. The van der Waals surface area contributed by atoms with Crippen molar-refractivity contribution in [3.63, 3.8) is 0 Å². The molecule has 4 aromatic rings. The number of aliphatic hydroxyl groups excluding tert-OH is 7. The number of unbranched alkanes of at least 4 members (excludes halogenated alkanes) is 2. The number of likely N-dealkylation sites (N-methyl/N-ethyl adjacent to an activating group) is 1. The van der Waals surface area contributed by atoms with Crippen LogP contribution in [0, 0.1) is 5.92 Å². The SMILES string of the molecule is CCCCCOc1ccc(-c2ccc(-c3ccc(C(=O)NC4C[C@@H](O)[C@@H](NCC[N+](C)(C)C)NC(=O)[C@@H]5[C@@H](O)[C@@H](C)CN5C(=O)[C@H]([C@@H](C)O)NC(=O)[C@H]([C@H](O)[C@@H](O)c5ccc(O)cc5)NC(=O)[C@@H]5C[C@@H](O)CN5C(=O)[C@H]([C@H](O)I)NC4=O)cc3)cc2)cc1. The maximum atomic E-state index is 14.8. The quantitative estimate of drug-likeness (QED) is 0.0264. The Bertz CT molecular complexity index is 3040. The molecule has 0 radical (unpaired) electrons. The maximum absolute atomic E-state index is 14.8. The monoisotopic (exact) mass is 1340 g/mol. The van der Waals surface area contributed by atoms with E-state index >= 15 is 0 Å². The van der Waals surface area contributed by atoms with Crippen LogP contribution in [0.1, 0.15) is 74.9 Å². The molecule has 1 unspecified atom stereocenters. The molecule has 478 valence electrons. The lowest BCUT2D eigenvalue weighted by molar-refractivity contribution is -0.869. The minimum atomic E-state index is -2.28. The number of carbonyl (C=O) groups is 7. The van der Waals surface area contributed by atoms with E-state index in [1.807, 2.05) is 69.7 Å². The second kappa shape index (κ2) is 30.6. The molecule has 3 aliphatic rings. The molecule has 3 saturated heterocycles. The summed E-state index contributed by atoms with van der Waals surface area (Å²) in [6.07, 6.45) is -10.4. The number of aliphatic hydroxyl groups is 7. The van der Waals surface area contributed by atoms with Crippen molar-refractivity contribution in [2.24, 2.45) is 5.92 Å². The summed E-state index contributed by atoms with van der Waals surface area (Å²) in [5, 5.41) is 106. The van der Waals surface area contributed by atoms with Crippen LogP contribution in [0.25, 0.3) is 22.3 Å². The second-order valence-corrected chi connectivity index (χ2v) is 25.2. The number of benzene rings is 4. The van der Waals surface area contributed by atoms with Crippen LogP contribution in [0.3, 0.4) is 0 Å². The van der Waals surface area contributed by atoms with Crippen molar-refractivity contribution in [1.29, 1.82) is 0 Å². The molecular weight excluding hydrogens is 1250 g/mol. The molecule has 0 aromatic heterocycles. The molecule has 7 amide bonds. The number of rotatable bonds is 18. The molecule has 88 heavy (non-hydrogen) atoms. The van der Waals surface area contributed by atoms with Crippen molar-refractivity contribution in [2.45, 2.75) is 136 Å². The van der Waals surface area contributed by atoms with E-state index in [-0.39, 0.29) is 30.0 Å². The Morgan fingerprint density at radius 3 is 1.82 bits per heavy atom. The van der Waals surface area contributed by atoms with Crippen molar-refractivity contribution in [1.82, 2.24) is 41.7 Å². The number of alkyl halides is 1. The predicted molar refractivity (Wildman–Crippen MR) is 330 cm³/mol. The van der Waals surface area contributed by atoms with Gasteiger partial charge in [0.25, 0.3) is 5.91 Å². The van der Waals surface area contributed by atoms with Gasteiger partial charge in [0.15, 0.2) is 0 Å². The number of aromatic hydroxyl groups is 1. The number of hydrogen-bond donors (Lipinski definition) is 14. The third-order valence-electron chi connectivity index (χ3n) is 16.0. The smallest absolute Gasteiger partial charge is 0.251 e. The summed E-state index contributed by atoms with van der Waals surface area (Å²) in [6.45, 7) is 5.07. The van der Waals surface area contributed by atoms with Gasteiger partial charge in [-0.25, -0.2) is 0 Å². The van der Waals surface area contributed by atoms with Gasteiger partial charge in [0.05, 0.1) is 58.7 Å². The number of nitrogens with zero attached hydrogens (tertiary/aromatic N) is 3. The lowest BCUT2D eigenvalue weighted by atomic mass is 9.96. The van der Waals surface area contributed by atoms with Crippen LogP contribution < -0.4 is 36.6 Å². The van der Waals surface area contributed by atoms with Crippen molar-refractivity contribution in [2.75, 3.05) is 53.9 Å². The normalized spacial score (nSPS) is 26.7.